The molecule has 1 amide bonds. The molecule has 3 N–H and O–H groups in total. The first-order valence-electron chi connectivity index (χ1n) is 18.5. The highest BCUT2D eigenvalue weighted by molar-refractivity contribution is 6.03. The number of nitrogens with one attached hydrogen (secondary N) is 2. The minimum Gasteiger partial charge on any atom is -0.502 e. The molecular formula is C43H48N4O7. The zero-order valence-corrected chi connectivity index (χ0v) is 31.0. The van der Waals surface area contributed by atoms with Crippen LogP contribution in [0.3, 0.4) is 0 Å². The summed E-state index contributed by atoms with van der Waals surface area (Å²) in [5.74, 6) is -0.00266. The van der Waals surface area contributed by atoms with Crippen molar-refractivity contribution in [1.82, 2.24) is 14.5 Å². The van der Waals surface area contributed by atoms with Crippen LogP contribution in [-0.4, -0.2) is 65.4 Å². The summed E-state index contributed by atoms with van der Waals surface area (Å²) in [5.41, 5.74) is 3.65. The highest BCUT2D eigenvalue weighted by Crippen LogP contribution is 2.41. The van der Waals surface area contributed by atoms with Crippen molar-refractivity contribution in [2.45, 2.75) is 57.8 Å². The van der Waals surface area contributed by atoms with Crippen molar-refractivity contribution in [2.75, 3.05) is 39.2 Å². The van der Waals surface area contributed by atoms with Crippen LogP contribution in [0, 0.1) is 0 Å². The number of unbranched alkanes of at least 4 members (excludes halogenated alkanes) is 1. The minimum atomic E-state index is -0.513. The third-order valence-electron chi connectivity index (χ3n) is 9.99. The molecule has 0 bridgehead atoms. The molecule has 282 valence electrons. The van der Waals surface area contributed by atoms with Crippen LogP contribution in [0.1, 0.15) is 61.0 Å². The van der Waals surface area contributed by atoms with Crippen LogP contribution in [0.5, 0.6) is 17.2 Å². The molecule has 11 heteroatoms. The van der Waals surface area contributed by atoms with Gasteiger partial charge < -0.3 is 29.5 Å². The average Bonchev–Trinajstić information content (AvgIpc) is 3.20. The van der Waals surface area contributed by atoms with Gasteiger partial charge in [-0.15, -0.1) is 0 Å². The number of phenolic OH excluding ortho intramolecular Hbond substituents is 1. The molecule has 1 aliphatic heterocycles. The molecule has 1 aliphatic rings. The fourth-order valence-corrected chi connectivity index (χ4v) is 7.19. The SMILES string of the molecule is CCc1c(C=CC(=O)Nc2ccc3c(c2)c(=O)[nH]c(=O)n3CCCCN2CCC(OC(c3ccccc3)c3ccccc3)CC2)cc(OC)c(O)c1OC. The molecule has 0 unspecified atom stereocenters. The van der Waals surface area contributed by atoms with Crippen LogP contribution < -0.4 is 26.0 Å². The molecule has 11 nitrogen and oxygen atoms in total. The number of amides is 1. The Morgan fingerprint density at radius 2 is 1.59 bits per heavy atom. The number of aromatic hydroxyl groups is 1. The molecule has 0 spiro atoms. The number of ether oxygens (including phenoxy) is 3. The Morgan fingerprint density at radius 1 is 0.926 bits per heavy atom. The van der Waals surface area contributed by atoms with Crippen LogP contribution in [0.2, 0.25) is 0 Å². The number of hydrogen-bond acceptors (Lipinski definition) is 8. The highest BCUT2D eigenvalue weighted by atomic mass is 16.5. The summed E-state index contributed by atoms with van der Waals surface area (Å²) in [7, 11) is 2.90. The van der Waals surface area contributed by atoms with Gasteiger partial charge in [-0.3, -0.25) is 19.1 Å². The van der Waals surface area contributed by atoms with E-state index < -0.39 is 17.2 Å². The fraction of sp³-hybridized carbons (Fsp3) is 0.326. The molecule has 0 atom stereocenters. The van der Waals surface area contributed by atoms with Crippen molar-refractivity contribution >= 4 is 28.6 Å². The second-order valence-electron chi connectivity index (χ2n) is 13.4. The molecule has 1 aromatic heterocycles. The highest BCUT2D eigenvalue weighted by Gasteiger charge is 2.25. The van der Waals surface area contributed by atoms with Crippen LogP contribution in [0.4, 0.5) is 5.69 Å². The van der Waals surface area contributed by atoms with E-state index in [-0.39, 0.29) is 23.7 Å². The first kappa shape index (κ1) is 38.1. The van der Waals surface area contributed by atoms with Gasteiger partial charge in [0.25, 0.3) is 5.56 Å². The Bertz CT molecular complexity index is 2150. The largest absolute Gasteiger partial charge is 0.502 e. The number of H-pyrrole nitrogens is 1. The molecule has 0 aliphatic carbocycles. The van der Waals surface area contributed by atoms with E-state index in [0.717, 1.165) is 62.0 Å². The van der Waals surface area contributed by atoms with Crippen LogP contribution >= 0.6 is 0 Å². The number of aromatic amines is 1. The number of benzene rings is 4. The number of piperidine rings is 1. The average molecular weight is 733 g/mol. The van der Waals surface area contributed by atoms with E-state index >= 15 is 0 Å². The number of fused-ring (bicyclic) bond motifs is 1. The van der Waals surface area contributed by atoms with E-state index in [0.29, 0.717) is 40.9 Å². The van der Waals surface area contributed by atoms with Gasteiger partial charge in [0, 0.05) is 37.0 Å². The van der Waals surface area contributed by atoms with Gasteiger partial charge in [-0.2, -0.15) is 0 Å². The lowest BCUT2D eigenvalue weighted by molar-refractivity contribution is -0.111. The summed E-state index contributed by atoms with van der Waals surface area (Å²) in [6.07, 6.45) is 7.17. The number of nitrogens with zero attached hydrogens (tertiary/aromatic N) is 2. The maximum absolute atomic E-state index is 12.9. The Hall–Kier alpha value is -5.65. The van der Waals surface area contributed by atoms with Crippen molar-refractivity contribution in [2.24, 2.45) is 0 Å². The van der Waals surface area contributed by atoms with Crippen LogP contribution in [-0.2, 0) is 22.5 Å². The zero-order chi connectivity index (χ0) is 38.0. The fourth-order valence-electron chi connectivity index (χ4n) is 7.19. The van der Waals surface area contributed by atoms with Gasteiger partial charge in [-0.05, 0) is 85.7 Å². The second-order valence-corrected chi connectivity index (χ2v) is 13.4. The van der Waals surface area contributed by atoms with Gasteiger partial charge in [0.2, 0.25) is 11.7 Å². The van der Waals surface area contributed by atoms with Crippen molar-refractivity contribution in [1.29, 1.82) is 0 Å². The molecule has 5 aromatic rings. The number of methoxy groups -OCH3 is 2. The summed E-state index contributed by atoms with van der Waals surface area (Å²) in [4.78, 5) is 43.6. The van der Waals surface area contributed by atoms with E-state index in [4.69, 9.17) is 14.2 Å². The van der Waals surface area contributed by atoms with Gasteiger partial charge in [-0.1, -0.05) is 67.6 Å². The van der Waals surface area contributed by atoms with Crippen molar-refractivity contribution < 1.29 is 24.1 Å². The molecule has 1 fully saturated rings. The number of carbonyl (C=O) groups excluding carboxylic acids is 1. The molecule has 6 rings (SSSR count). The lowest BCUT2D eigenvalue weighted by Gasteiger charge is -2.34. The van der Waals surface area contributed by atoms with Gasteiger partial charge in [-0.25, -0.2) is 4.79 Å². The molecule has 0 radical (unpaired) electrons. The molecule has 2 heterocycles. The monoisotopic (exact) mass is 732 g/mol. The smallest absolute Gasteiger partial charge is 0.328 e. The maximum atomic E-state index is 12.9. The Labute approximate surface area is 314 Å². The van der Waals surface area contributed by atoms with Gasteiger partial charge >= 0.3 is 5.69 Å². The quantitative estimate of drug-likeness (QED) is 0.0802. The minimum absolute atomic E-state index is 0.0978. The number of likely N-dealkylation sites (tertiary alicyclic amines) is 1. The Balaban J connectivity index is 1.03. The standard InChI is InChI=1S/C43H48N4O7/c1-4-34-31(27-37(52-2)39(49)41(34)53-3)17-20-38(48)44-32-18-19-36-35(28-32)42(50)45-43(51)47(36)24-12-11-23-46-25-21-33(22-26-46)54-40(29-13-7-5-8-14-29)30-15-9-6-10-16-30/h5-10,13-20,27-28,33,40,49H,4,11-12,21-26H2,1-3H3,(H,44,48)(H,45,50,51). The Morgan fingerprint density at radius 3 is 2.22 bits per heavy atom. The first-order chi connectivity index (χ1) is 26.3. The van der Waals surface area contributed by atoms with Gasteiger partial charge in [0.05, 0.1) is 31.2 Å². The van der Waals surface area contributed by atoms with E-state index in [9.17, 15) is 19.5 Å². The van der Waals surface area contributed by atoms with Gasteiger partial charge in [0.1, 0.15) is 6.10 Å². The predicted octanol–water partition coefficient (Wildman–Crippen LogP) is 6.68. The molecule has 1 saturated heterocycles. The van der Waals surface area contributed by atoms with E-state index in [1.54, 1.807) is 34.9 Å². The summed E-state index contributed by atoms with van der Waals surface area (Å²) in [5, 5.41) is 13.5. The van der Waals surface area contributed by atoms with Crippen LogP contribution in [0.15, 0.2) is 101 Å². The normalized spacial score (nSPS) is 13.9. The predicted molar refractivity (Wildman–Crippen MR) is 212 cm³/mol. The maximum Gasteiger partial charge on any atom is 0.328 e. The topological polar surface area (TPSA) is 135 Å². The molecule has 54 heavy (non-hydrogen) atoms. The number of aryl methyl sites for hydroxylation is 1. The van der Waals surface area contributed by atoms with Gasteiger partial charge in [0.15, 0.2) is 11.5 Å². The summed E-state index contributed by atoms with van der Waals surface area (Å²) >= 11 is 0. The van der Waals surface area contributed by atoms with E-state index in [1.807, 2.05) is 19.1 Å². The number of phenols is 1. The second kappa shape index (κ2) is 17.9. The van der Waals surface area contributed by atoms with Crippen LogP contribution in [0.25, 0.3) is 17.0 Å². The lowest BCUT2D eigenvalue weighted by Crippen LogP contribution is -2.38. The zero-order valence-electron chi connectivity index (χ0n) is 31.0. The number of aromatic nitrogens is 2. The summed E-state index contributed by atoms with van der Waals surface area (Å²) in [6, 6.07) is 27.4. The van der Waals surface area contributed by atoms with Crippen molar-refractivity contribution in [3.8, 4) is 17.2 Å². The summed E-state index contributed by atoms with van der Waals surface area (Å²) < 4.78 is 19.0. The van der Waals surface area contributed by atoms with E-state index in [1.165, 1.54) is 20.3 Å². The molecule has 4 aromatic carbocycles. The number of rotatable bonds is 15. The Kier molecular flexibility index (Phi) is 12.6. The lowest BCUT2D eigenvalue weighted by atomic mass is 10.00. The molecular weight excluding hydrogens is 684 g/mol. The third-order valence-corrected chi connectivity index (χ3v) is 9.99. The number of anilines is 1. The van der Waals surface area contributed by atoms with Crippen molar-refractivity contribution in [3.05, 3.63) is 134 Å². The summed E-state index contributed by atoms with van der Waals surface area (Å²) in [6.45, 7) is 5.18. The number of hydrogen-bond donors (Lipinski definition) is 3. The van der Waals surface area contributed by atoms with Crippen molar-refractivity contribution in [3.63, 3.8) is 0 Å². The molecule has 0 saturated carbocycles. The first-order valence-corrected chi connectivity index (χ1v) is 18.5. The number of carbonyl (C=O) groups is 1. The third kappa shape index (κ3) is 8.92. The van der Waals surface area contributed by atoms with E-state index in [2.05, 4.69) is 63.7 Å².